The van der Waals surface area contributed by atoms with Gasteiger partial charge in [0.1, 0.15) is 10.7 Å². The molecule has 19 heavy (non-hydrogen) atoms. The minimum Gasteiger partial charge on any atom is -0.394 e. The number of nitrogens with one attached hydrogen (secondary N) is 1. The Hall–Kier alpha value is -1.22. The number of aromatic nitrogens is 1. The largest absolute Gasteiger partial charge is 0.394 e. The van der Waals surface area contributed by atoms with Crippen molar-refractivity contribution in [3.05, 3.63) is 18.3 Å². The molecular weight excluding hydrogens is 270 g/mol. The van der Waals surface area contributed by atoms with Gasteiger partial charge in [-0.1, -0.05) is 0 Å². The summed E-state index contributed by atoms with van der Waals surface area (Å²) in [7, 11) is -1.87. The molecule has 1 unspecified atom stereocenters. The highest BCUT2D eigenvalue weighted by Crippen LogP contribution is 2.19. The zero-order valence-corrected chi connectivity index (χ0v) is 11.4. The number of morpholine rings is 1. The highest BCUT2D eigenvalue weighted by atomic mass is 32.2. The summed E-state index contributed by atoms with van der Waals surface area (Å²) in [6.07, 6.45) is 0.859. The summed E-state index contributed by atoms with van der Waals surface area (Å²) in [5, 5.41) is 11.9. The first-order chi connectivity index (χ1) is 9.07. The highest BCUT2D eigenvalue weighted by Gasteiger charge is 2.30. The molecule has 1 aliphatic heterocycles. The number of ether oxygens (including phenoxy) is 1. The molecule has 8 heteroatoms. The molecule has 2 heterocycles. The van der Waals surface area contributed by atoms with Crippen LogP contribution in [0.1, 0.15) is 0 Å². The zero-order valence-electron chi connectivity index (χ0n) is 10.6. The summed E-state index contributed by atoms with van der Waals surface area (Å²) in [6.45, 7) is 0.536. The number of aliphatic hydroxyl groups excluding tert-OH is 1. The zero-order chi connectivity index (χ0) is 13.9. The first-order valence-electron chi connectivity index (χ1n) is 5.94. The van der Waals surface area contributed by atoms with Crippen molar-refractivity contribution in [3.8, 4) is 0 Å². The van der Waals surface area contributed by atoms with E-state index in [1.54, 1.807) is 13.1 Å². The van der Waals surface area contributed by atoms with E-state index in [2.05, 4.69) is 10.3 Å². The maximum Gasteiger partial charge on any atom is 0.244 e. The van der Waals surface area contributed by atoms with E-state index < -0.39 is 16.1 Å². The number of pyridine rings is 1. The molecule has 2 rings (SSSR count). The van der Waals surface area contributed by atoms with Gasteiger partial charge in [0.2, 0.25) is 10.0 Å². The number of hydrogen-bond donors (Lipinski definition) is 2. The standard InChI is InChI=1S/C11H17N3O4S/c1-12-11-3-2-10(6-13-11)19(16,17)14-4-5-18-9(7-14)8-15/h2-3,6,9,15H,4-5,7-8H2,1H3,(H,12,13). The van der Waals surface area contributed by atoms with Gasteiger partial charge < -0.3 is 15.2 Å². The van der Waals surface area contributed by atoms with Crippen LogP contribution in [0.5, 0.6) is 0 Å². The molecule has 1 saturated heterocycles. The van der Waals surface area contributed by atoms with Crippen LogP contribution in [0.3, 0.4) is 0 Å². The topological polar surface area (TPSA) is 91.8 Å². The smallest absolute Gasteiger partial charge is 0.244 e. The number of aliphatic hydroxyl groups is 1. The molecule has 106 valence electrons. The maximum atomic E-state index is 12.4. The van der Waals surface area contributed by atoms with Gasteiger partial charge in [-0.05, 0) is 12.1 Å². The monoisotopic (exact) mass is 287 g/mol. The molecule has 2 N–H and O–H groups in total. The Balaban J connectivity index is 2.20. The van der Waals surface area contributed by atoms with Crippen LogP contribution in [0.15, 0.2) is 23.2 Å². The van der Waals surface area contributed by atoms with Gasteiger partial charge in [-0.3, -0.25) is 0 Å². The minimum absolute atomic E-state index is 0.144. The van der Waals surface area contributed by atoms with E-state index >= 15 is 0 Å². The number of nitrogens with zero attached hydrogens (tertiary/aromatic N) is 2. The molecule has 0 spiro atoms. The second-order valence-electron chi connectivity index (χ2n) is 4.17. The van der Waals surface area contributed by atoms with Crippen molar-refractivity contribution < 1.29 is 18.3 Å². The molecule has 0 amide bonds. The summed E-state index contributed by atoms with van der Waals surface area (Å²) in [5.74, 6) is 0.606. The Morgan fingerprint density at radius 2 is 2.37 bits per heavy atom. The first kappa shape index (κ1) is 14.2. The lowest BCUT2D eigenvalue weighted by molar-refractivity contribution is -0.0304. The molecule has 1 aromatic heterocycles. The third kappa shape index (κ3) is 3.03. The van der Waals surface area contributed by atoms with E-state index in [0.717, 1.165) is 0 Å². The molecule has 1 atom stereocenters. The predicted octanol–water partition coefficient (Wildman–Crippen LogP) is -0.495. The van der Waals surface area contributed by atoms with Crippen LogP contribution in [-0.2, 0) is 14.8 Å². The third-order valence-corrected chi connectivity index (χ3v) is 4.78. The van der Waals surface area contributed by atoms with E-state index in [4.69, 9.17) is 9.84 Å². The molecule has 1 aromatic rings. The number of hydrogen-bond acceptors (Lipinski definition) is 6. The molecule has 0 saturated carbocycles. The van der Waals surface area contributed by atoms with Gasteiger partial charge >= 0.3 is 0 Å². The Labute approximate surface area is 112 Å². The summed E-state index contributed by atoms with van der Waals surface area (Å²) in [4.78, 5) is 4.14. The summed E-state index contributed by atoms with van der Waals surface area (Å²) >= 11 is 0. The fourth-order valence-corrected chi connectivity index (χ4v) is 3.25. The number of anilines is 1. The van der Waals surface area contributed by atoms with Crippen LogP contribution >= 0.6 is 0 Å². The number of rotatable bonds is 4. The lowest BCUT2D eigenvalue weighted by Gasteiger charge is -2.31. The molecule has 0 bridgehead atoms. The van der Waals surface area contributed by atoms with Crippen LogP contribution in [0.25, 0.3) is 0 Å². The Morgan fingerprint density at radius 3 is 2.95 bits per heavy atom. The van der Waals surface area contributed by atoms with Crippen molar-refractivity contribution in [1.29, 1.82) is 0 Å². The van der Waals surface area contributed by atoms with Crippen LogP contribution < -0.4 is 5.32 Å². The van der Waals surface area contributed by atoms with Crippen molar-refractivity contribution in [3.63, 3.8) is 0 Å². The first-order valence-corrected chi connectivity index (χ1v) is 7.38. The second kappa shape index (κ2) is 5.83. The molecule has 1 fully saturated rings. The van der Waals surface area contributed by atoms with Crippen molar-refractivity contribution in [2.45, 2.75) is 11.0 Å². The van der Waals surface area contributed by atoms with Gasteiger partial charge in [0.15, 0.2) is 0 Å². The van der Waals surface area contributed by atoms with Crippen molar-refractivity contribution >= 4 is 15.8 Å². The third-order valence-electron chi connectivity index (χ3n) is 2.94. The van der Waals surface area contributed by atoms with Gasteiger partial charge in [0, 0.05) is 26.3 Å². The molecule has 1 aliphatic rings. The fraction of sp³-hybridized carbons (Fsp3) is 0.545. The van der Waals surface area contributed by atoms with Crippen LogP contribution in [0, 0.1) is 0 Å². The lowest BCUT2D eigenvalue weighted by Crippen LogP contribution is -2.46. The van der Waals surface area contributed by atoms with E-state index in [1.807, 2.05) is 0 Å². The van der Waals surface area contributed by atoms with Crippen molar-refractivity contribution in [2.24, 2.45) is 0 Å². The Bertz CT molecular complexity index is 517. The van der Waals surface area contributed by atoms with Gasteiger partial charge in [-0.25, -0.2) is 13.4 Å². The summed E-state index contributed by atoms with van der Waals surface area (Å²) < 4.78 is 31.3. The Kier molecular flexibility index (Phi) is 4.35. The molecule has 0 aromatic carbocycles. The lowest BCUT2D eigenvalue weighted by atomic mass is 10.3. The van der Waals surface area contributed by atoms with Crippen LogP contribution in [0.4, 0.5) is 5.82 Å². The molecule has 7 nitrogen and oxygen atoms in total. The van der Waals surface area contributed by atoms with Gasteiger partial charge in [0.05, 0.1) is 19.3 Å². The average Bonchev–Trinajstić information content (AvgIpc) is 2.47. The molecule has 0 radical (unpaired) electrons. The highest BCUT2D eigenvalue weighted by molar-refractivity contribution is 7.89. The average molecular weight is 287 g/mol. The summed E-state index contributed by atoms with van der Waals surface area (Å²) in [5.41, 5.74) is 0. The molecular formula is C11H17N3O4S. The van der Waals surface area contributed by atoms with Crippen molar-refractivity contribution in [2.75, 3.05) is 38.7 Å². The van der Waals surface area contributed by atoms with E-state index in [9.17, 15) is 8.42 Å². The van der Waals surface area contributed by atoms with Gasteiger partial charge in [-0.15, -0.1) is 0 Å². The van der Waals surface area contributed by atoms with Crippen LogP contribution in [-0.4, -0.2) is 62.3 Å². The quantitative estimate of drug-likeness (QED) is 0.776. The van der Waals surface area contributed by atoms with Gasteiger partial charge in [-0.2, -0.15) is 4.31 Å². The van der Waals surface area contributed by atoms with Gasteiger partial charge in [0.25, 0.3) is 0 Å². The minimum atomic E-state index is -3.58. The van der Waals surface area contributed by atoms with Crippen molar-refractivity contribution in [1.82, 2.24) is 9.29 Å². The SMILES string of the molecule is CNc1ccc(S(=O)(=O)N2CCOC(CO)C2)cn1. The maximum absolute atomic E-state index is 12.4. The second-order valence-corrected chi connectivity index (χ2v) is 6.11. The van der Waals surface area contributed by atoms with E-state index in [-0.39, 0.29) is 31.2 Å². The number of sulfonamides is 1. The Morgan fingerprint density at radius 1 is 1.58 bits per heavy atom. The van der Waals surface area contributed by atoms with Crippen LogP contribution in [0.2, 0.25) is 0 Å². The summed E-state index contributed by atoms with van der Waals surface area (Å²) in [6, 6.07) is 3.12. The fourth-order valence-electron chi connectivity index (χ4n) is 1.85. The molecule has 0 aliphatic carbocycles. The normalized spacial score (nSPS) is 21.3. The predicted molar refractivity (Wildman–Crippen MR) is 69.4 cm³/mol. The van der Waals surface area contributed by atoms with E-state index in [1.165, 1.54) is 16.6 Å². The van der Waals surface area contributed by atoms with E-state index in [0.29, 0.717) is 5.82 Å².